The highest BCUT2D eigenvalue weighted by Gasteiger charge is 2.21. The monoisotopic (exact) mass is 452 g/mol. The minimum Gasteiger partial charge on any atom is -0.383 e. The number of nitrogen functional groups attached to an aromatic ring is 1. The van der Waals surface area contributed by atoms with E-state index in [4.69, 9.17) is 22.1 Å². The third-order valence-corrected chi connectivity index (χ3v) is 6.94. The van der Waals surface area contributed by atoms with Gasteiger partial charge in [0.15, 0.2) is 0 Å². The van der Waals surface area contributed by atoms with E-state index in [1.54, 1.807) is 0 Å². The molecule has 3 aromatic rings. The largest absolute Gasteiger partial charge is 0.383 e. The fourth-order valence-corrected chi connectivity index (χ4v) is 4.28. The number of rotatable bonds is 6. The van der Waals surface area contributed by atoms with E-state index < -0.39 is 8.07 Å². The predicted molar refractivity (Wildman–Crippen MR) is 114 cm³/mol. The molecule has 0 aliphatic rings. The van der Waals surface area contributed by atoms with Gasteiger partial charge in [0.1, 0.15) is 24.5 Å². The van der Waals surface area contributed by atoms with E-state index in [-0.39, 0.29) is 0 Å². The second kappa shape index (κ2) is 7.68. The number of benzene rings is 1. The number of ether oxygens (including phenoxy) is 1. The first kappa shape index (κ1) is 19.4. The van der Waals surface area contributed by atoms with E-state index in [1.165, 1.54) is 6.33 Å². The number of nitrogens with two attached hydrogens (primary N) is 1. The lowest BCUT2D eigenvalue weighted by Gasteiger charge is -2.16. The zero-order valence-electron chi connectivity index (χ0n) is 15.1. The van der Waals surface area contributed by atoms with E-state index >= 15 is 0 Å². The van der Waals surface area contributed by atoms with Crippen molar-refractivity contribution < 1.29 is 4.74 Å². The van der Waals surface area contributed by atoms with Crippen LogP contribution in [-0.4, -0.2) is 29.2 Å². The van der Waals surface area contributed by atoms with Crippen molar-refractivity contribution in [3.63, 3.8) is 0 Å². The van der Waals surface area contributed by atoms with Gasteiger partial charge in [0.05, 0.1) is 9.99 Å². The highest BCUT2D eigenvalue weighted by atomic mass is 79.9. The van der Waals surface area contributed by atoms with Gasteiger partial charge in [0.25, 0.3) is 0 Å². The number of anilines is 1. The molecule has 0 saturated heterocycles. The molecule has 5 nitrogen and oxygen atoms in total. The van der Waals surface area contributed by atoms with Crippen LogP contribution in [-0.2, 0) is 11.5 Å². The van der Waals surface area contributed by atoms with E-state index in [9.17, 15) is 0 Å². The van der Waals surface area contributed by atoms with Crippen LogP contribution in [0.4, 0.5) is 5.82 Å². The SMILES string of the molecule is C[Si](C)(C)CCOCn1c(Br)c(-c2ccc(Cl)cc2)c2c(N)ncnc21. The molecule has 0 amide bonds. The molecular formula is C18H22BrClN4OSi. The zero-order valence-corrected chi connectivity index (χ0v) is 18.4. The molecule has 1 aromatic carbocycles. The molecule has 26 heavy (non-hydrogen) atoms. The predicted octanol–water partition coefficient (Wildman–Crippen LogP) is 5.41. The van der Waals surface area contributed by atoms with Crippen molar-refractivity contribution in [2.45, 2.75) is 32.4 Å². The van der Waals surface area contributed by atoms with Gasteiger partial charge in [-0.15, -0.1) is 0 Å². The minimum atomic E-state index is -1.13. The lowest BCUT2D eigenvalue weighted by atomic mass is 10.1. The number of hydrogen-bond donors (Lipinski definition) is 1. The zero-order chi connectivity index (χ0) is 18.9. The molecule has 0 fully saturated rings. The molecule has 3 rings (SSSR count). The smallest absolute Gasteiger partial charge is 0.148 e. The fourth-order valence-electron chi connectivity index (χ4n) is 2.70. The summed E-state index contributed by atoms with van der Waals surface area (Å²) in [4.78, 5) is 8.60. The molecule has 2 heterocycles. The Morgan fingerprint density at radius 2 is 1.88 bits per heavy atom. The van der Waals surface area contributed by atoms with E-state index in [1.807, 2.05) is 28.8 Å². The lowest BCUT2D eigenvalue weighted by Crippen LogP contribution is -2.22. The van der Waals surface area contributed by atoms with Crippen LogP contribution in [0.3, 0.4) is 0 Å². The maximum atomic E-state index is 6.17. The number of halogens is 2. The van der Waals surface area contributed by atoms with Crippen molar-refractivity contribution in [2.24, 2.45) is 0 Å². The highest BCUT2D eigenvalue weighted by molar-refractivity contribution is 9.10. The Kier molecular flexibility index (Phi) is 5.72. The molecular weight excluding hydrogens is 432 g/mol. The van der Waals surface area contributed by atoms with Crippen molar-refractivity contribution in [2.75, 3.05) is 12.3 Å². The van der Waals surface area contributed by atoms with Gasteiger partial charge in [-0.05, 0) is 39.7 Å². The summed E-state index contributed by atoms with van der Waals surface area (Å²) >= 11 is 9.74. The topological polar surface area (TPSA) is 66.0 Å². The van der Waals surface area contributed by atoms with Crippen LogP contribution in [0.2, 0.25) is 30.7 Å². The third-order valence-electron chi connectivity index (χ3n) is 4.16. The molecule has 0 radical (unpaired) electrons. The summed E-state index contributed by atoms with van der Waals surface area (Å²) in [7, 11) is -1.13. The second-order valence-corrected chi connectivity index (χ2v) is 14.2. The molecule has 0 aliphatic heterocycles. The molecule has 0 atom stereocenters. The van der Waals surface area contributed by atoms with E-state index in [0.29, 0.717) is 17.6 Å². The summed E-state index contributed by atoms with van der Waals surface area (Å²) in [5.74, 6) is 0.446. The van der Waals surface area contributed by atoms with Crippen LogP contribution in [0.5, 0.6) is 0 Å². The second-order valence-electron chi connectivity index (χ2n) is 7.41. The first-order valence-electron chi connectivity index (χ1n) is 8.40. The number of aromatic nitrogens is 3. The Morgan fingerprint density at radius 1 is 1.19 bits per heavy atom. The standard InChI is InChI=1S/C18H22BrClN4OSi/c1-26(2,3)9-8-25-11-24-16(19)14(12-4-6-13(20)7-5-12)15-17(21)22-10-23-18(15)24/h4-7,10H,8-9,11H2,1-3H3,(H2,21,22,23). The number of fused-ring (bicyclic) bond motifs is 1. The molecule has 2 N–H and O–H groups in total. The Labute approximate surface area is 167 Å². The van der Waals surface area contributed by atoms with Crippen LogP contribution in [0.15, 0.2) is 35.2 Å². The first-order valence-corrected chi connectivity index (χ1v) is 13.3. The summed E-state index contributed by atoms with van der Waals surface area (Å²) < 4.78 is 8.80. The molecule has 0 saturated carbocycles. The van der Waals surface area contributed by atoms with Crippen LogP contribution < -0.4 is 5.73 Å². The maximum absolute atomic E-state index is 6.17. The van der Waals surface area contributed by atoms with Gasteiger partial charge in [-0.3, -0.25) is 4.57 Å². The summed E-state index contributed by atoms with van der Waals surface area (Å²) in [5.41, 5.74) is 8.87. The van der Waals surface area contributed by atoms with Crippen molar-refractivity contribution in [1.82, 2.24) is 14.5 Å². The Hall–Kier alpha value is -1.41. The molecule has 0 aliphatic carbocycles. The van der Waals surface area contributed by atoms with Gasteiger partial charge in [0.2, 0.25) is 0 Å². The highest BCUT2D eigenvalue weighted by Crippen LogP contribution is 2.39. The summed E-state index contributed by atoms with van der Waals surface area (Å²) in [6.45, 7) is 8.15. The van der Waals surface area contributed by atoms with Crippen LogP contribution in [0, 0.1) is 0 Å². The Bertz CT molecular complexity index is 922. The fraction of sp³-hybridized carbons (Fsp3) is 0.333. The van der Waals surface area contributed by atoms with Gasteiger partial charge >= 0.3 is 0 Å². The van der Waals surface area contributed by atoms with E-state index in [0.717, 1.165) is 39.4 Å². The molecule has 0 spiro atoms. The summed E-state index contributed by atoms with van der Waals surface area (Å²) in [6.07, 6.45) is 1.48. The van der Waals surface area contributed by atoms with Crippen LogP contribution in [0.25, 0.3) is 22.2 Å². The summed E-state index contributed by atoms with van der Waals surface area (Å²) in [5, 5.41) is 1.50. The average Bonchev–Trinajstić information content (AvgIpc) is 2.85. The maximum Gasteiger partial charge on any atom is 0.148 e. The van der Waals surface area contributed by atoms with Crippen LogP contribution in [0.1, 0.15) is 0 Å². The van der Waals surface area contributed by atoms with Gasteiger partial charge in [0, 0.05) is 25.3 Å². The number of nitrogens with zero attached hydrogens (tertiary/aromatic N) is 3. The van der Waals surface area contributed by atoms with Gasteiger partial charge in [-0.25, -0.2) is 9.97 Å². The van der Waals surface area contributed by atoms with Gasteiger partial charge in [-0.1, -0.05) is 43.4 Å². The number of hydrogen-bond acceptors (Lipinski definition) is 4. The van der Waals surface area contributed by atoms with Gasteiger partial charge in [-0.2, -0.15) is 0 Å². The lowest BCUT2D eigenvalue weighted by molar-refractivity contribution is 0.0886. The van der Waals surface area contributed by atoms with Crippen molar-refractivity contribution in [3.8, 4) is 11.1 Å². The minimum absolute atomic E-state index is 0.408. The Balaban J connectivity index is 2.00. The van der Waals surface area contributed by atoms with Crippen molar-refractivity contribution in [3.05, 3.63) is 40.2 Å². The third kappa shape index (κ3) is 4.11. The summed E-state index contributed by atoms with van der Waals surface area (Å²) in [6, 6.07) is 8.76. The molecule has 0 unspecified atom stereocenters. The van der Waals surface area contributed by atoms with Crippen molar-refractivity contribution in [1.29, 1.82) is 0 Å². The van der Waals surface area contributed by atoms with Crippen molar-refractivity contribution >= 4 is 52.5 Å². The molecule has 2 aromatic heterocycles. The normalized spacial score (nSPS) is 12.0. The van der Waals surface area contributed by atoms with Gasteiger partial charge < -0.3 is 10.5 Å². The average molecular weight is 454 g/mol. The Morgan fingerprint density at radius 3 is 2.54 bits per heavy atom. The quantitative estimate of drug-likeness (QED) is 0.400. The van der Waals surface area contributed by atoms with E-state index in [2.05, 4.69) is 45.5 Å². The van der Waals surface area contributed by atoms with Crippen LogP contribution >= 0.6 is 27.5 Å². The molecule has 138 valence electrons. The molecule has 8 heteroatoms. The first-order chi connectivity index (χ1) is 12.3. The molecule has 0 bridgehead atoms.